The molecule has 0 saturated carbocycles. The van der Waals surface area contributed by atoms with Gasteiger partial charge in [-0.25, -0.2) is 4.79 Å². The molecule has 1 aliphatic carbocycles. The standard InChI is InChI=1S/C26H27NO5/c1-16-11-12-21(24(13-16)31-2)25(29)23(28)14-27-26(30)32-15-22-19-9-5-3-7-17(19)18-8-4-6-10-20(18)22/h3-13,22-23,25,28-29H,14-15H2,1-2H3,(H,27,30). The Morgan fingerprint density at radius 2 is 1.62 bits per heavy atom. The van der Waals surface area contributed by atoms with Crippen LogP contribution < -0.4 is 10.1 Å². The van der Waals surface area contributed by atoms with Crippen LogP contribution in [0.3, 0.4) is 0 Å². The van der Waals surface area contributed by atoms with Crippen molar-refractivity contribution in [3.05, 3.63) is 89.0 Å². The van der Waals surface area contributed by atoms with Crippen LogP contribution in [0.2, 0.25) is 0 Å². The van der Waals surface area contributed by atoms with E-state index in [2.05, 4.69) is 29.6 Å². The summed E-state index contributed by atoms with van der Waals surface area (Å²) in [6.45, 7) is 1.94. The van der Waals surface area contributed by atoms with Gasteiger partial charge in [0, 0.05) is 18.0 Å². The van der Waals surface area contributed by atoms with Crippen molar-refractivity contribution in [2.45, 2.75) is 25.0 Å². The van der Waals surface area contributed by atoms with Gasteiger partial charge in [0.05, 0.1) is 7.11 Å². The predicted molar refractivity (Wildman–Crippen MR) is 122 cm³/mol. The highest BCUT2D eigenvalue weighted by molar-refractivity contribution is 5.79. The Bertz CT molecular complexity index is 1070. The second-order valence-electron chi connectivity index (χ2n) is 7.96. The van der Waals surface area contributed by atoms with Crippen molar-refractivity contribution in [2.24, 2.45) is 0 Å². The van der Waals surface area contributed by atoms with Crippen LogP contribution in [0.15, 0.2) is 66.7 Å². The molecular weight excluding hydrogens is 406 g/mol. The molecule has 0 spiro atoms. The molecule has 3 aromatic rings. The third-order valence-electron chi connectivity index (χ3n) is 5.87. The number of hydrogen-bond acceptors (Lipinski definition) is 5. The molecule has 0 radical (unpaired) electrons. The molecule has 6 heteroatoms. The number of hydrogen-bond donors (Lipinski definition) is 3. The molecule has 32 heavy (non-hydrogen) atoms. The maximum Gasteiger partial charge on any atom is 0.407 e. The van der Waals surface area contributed by atoms with E-state index in [1.165, 1.54) is 7.11 Å². The van der Waals surface area contributed by atoms with E-state index in [1.807, 2.05) is 37.3 Å². The lowest BCUT2D eigenvalue weighted by atomic mass is 9.98. The van der Waals surface area contributed by atoms with Gasteiger partial charge < -0.3 is 25.0 Å². The van der Waals surface area contributed by atoms with E-state index in [0.717, 1.165) is 27.8 Å². The molecule has 2 atom stereocenters. The van der Waals surface area contributed by atoms with Crippen LogP contribution in [0.1, 0.15) is 34.3 Å². The Morgan fingerprint density at radius 1 is 1.00 bits per heavy atom. The Kier molecular flexibility index (Phi) is 6.44. The summed E-state index contributed by atoms with van der Waals surface area (Å²) in [5, 5.41) is 23.4. The number of benzene rings is 3. The molecule has 0 aromatic heterocycles. The van der Waals surface area contributed by atoms with Crippen LogP contribution >= 0.6 is 0 Å². The fraction of sp³-hybridized carbons (Fsp3) is 0.269. The average Bonchev–Trinajstić information content (AvgIpc) is 3.14. The fourth-order valence-corrected chi connectivity index (χ4v) is 4.22. The number of alkyl carbamates (subject to hydrolysis) is 1. The maximum absolute atomic E-state index is 12.3. The maximum atomic E-state index is 12.3. The summed E-state index contributed by atoms with van der Waals surface area (Å²) < 4.78 is 10.8. The molecular formula is C26H27NO5. The first-order chi connectivity index (χ1) is 15.5. The molecule has 3 N–H and O–H groups in total. The molecule has 1 amide bonds. The number of ether oxygens (including phenoxy) is 2. The Labute approximate surface area is 187 Å². The third-order valence-corrected chi connectivity index (χ3v) is 5.87. The molecule has 2 unspecified atom stereocenters. The molecule has 0 fully saturated rings. The lowest BCUT2D eigenvalue weighted by Crippen LogP contribution is -2.36. The molecule has 0 aliphatic heterocycles. The Hall–Kier alpha value is -3.35. The third kappa shape index (κ3) is 4.33. The molecule has 6 nitrogen and oxygen atoms in total. The number of methoxy groups -OCH3 is 1. The fourth-order valence-electron chi connectivity index (χ4n) is 4.22. The molecule has 166 valence electrons. The van der Waals surface area contributed by atoms with Gasteiger partial charge in [-0.3, -0.25) is 0 Å². The minimum Gasteiger partial charge on any atom is -0.496 e. The highest BCUT2D eigenvalue weighted by Gasteiger charge is 2.29. The van der Waals surface area contributed by atoms with E-state index in [-0.39, 0.29) is 19.1 Å². The zero-order valence-electron chi connectivity index (χ0n) is 18.1. The summed E-state index contributed by atoms with van der Waals surface area (Å²) in [5.74, 6) is 0.443. The SMILES string of the molecule is COc1cc(C)ccc1C(O)C(O)CNC(=O)OCC1c2ccccc2-c2ccccc21. The molecule has 0 saturated heterocycles. The van der Waals surface area contributed by atoms with Gasteiger partial charge in [-0.05, 0) is 40.8 Å². The van der Waals surface area contributed by atoms with Crippen LogP contribution in [0, 0.1) is 6.92 Å². The largest absolute Gasteiger partial charge is 0.496 e. The second kappa shape index (κ2) is 9.42. The van der Waals surface area contributed by atoms with Crippen molar-refractivity contribution in [2.75, 3.05) is 20.3 Å². The average molecular weight is 434 g/mol. The number of aliphatic hydroxyl groups excluding tert-OH is 2. The molecule has 0 bridgehead atoms. The smallest absolute Gasteiger partial charge is 0.407 e. The highest BCUT2D eigenvalue weighted by Crippen LogP contribution is 2.44. The number of rotatable bonds is 7. The van der Waals surface area contributed by atoms with Gasteiger partial charge in [-0.1, -0.05) is 60.7 Å². The van der Waals surface area contributed by atoms with Gasteiger partial charge in [-0.2, -0.15) is 0 Å². The summed E-state index contributed by atoms with van der Waals surface area (Å²) in [7, 11) is 1.51. The van der Waals surface area contributed by atoms with Gasteiger partial charge in [0.15, 0.2) is 0 Å². The topological polar surface area (TPSA) is 88.0 Å². The molecule has 1 aliphatic rings. The highest BCUT2D eigenvalue weighted by atomic mass is 16.5. The van der Waals surface area contributed by atoms with Crippen LogP contribution in [0.4, 0.5) is 4.79 Å². The lowest BCUT2D eigenvalue weighted by molar-refractivity contribution is 0.0172. The predicted octanol–water partition coefficient (Wildman–Crippen LogP) is 3.94. The summed E-state index contributed by atoms with van der Waals surface area (Å²) in [5.41, 5.74) is 6.00. The number of carbonyl (C=O) groups is 1. The van der Waals surface area contributed by atoms with Crippen LogP contribution in [-0.2, 0) is 4.74 Å². The van der Waals surface area contributed by atoms with Crippen molar-refractivity contribution in [1.82, 2.24) is 5.32 Å². The van der Waals surface area contributed by atoms with Gasteiger partial charge >= 0.3 is 6.09 Å². The van der Waals surface area contributed by atoms with Gasteiger partial charge in [0.1, 0.15) is 24.6 Å². The minimum absolute atomic E-state index is 0.0412. The number of carbonyl (C=O) groups excluding carboxylic acids is 1. The molecule has 4 rings (SSSR count). The van der Waals surface area contributed by atoms with E-state index in [0.29, 0.717) is 11.3 Å². The summed E-state index contributed by atoms with van der Waals surface area (Å²) in [6.07, 6.45) is -3.07. The first-order valence-corrected chi connectivity index (χ1v) is 10.6. The second-order valence-corrected chi connectivity index (χ2v) is 7.96. The number of aryl methyl sites for hydroxylation is 1. The molecule has 3 aromatic carbocycles. The quantitative estimate of drug-likeness (QED) is 0.525. The number of fused-ring (bicyclic) bond motifs is 3. The van der Waals surface area contributed by atoms with Crippen molar-refractivity contribution in [1.29, 1.82) is 0 Å². The van der Waals surface area contributed by atoms with Crippen molar-refractivity contribution >= 4 is 6.09 Å². The van der Waals surface area contributed by atoms with Crippen molar-refractivity contribution in [3.63, 3.8) is 0 Å². The number of nitrogens with one attached hydrogen (secondary N) is 1. The summed E-state index contributed by atoms with van der Waals surface area (Å²) >= 11 is 0. The Morgan fingerprint density at radius 3 is 2.25 bits per heavy atom. The summed E-state index contributed by atoms with van der Waals surface area (Å²) in [6, 6.07) is 21.5. The van der Waals surface area contributed by atoms with Gasteiger partial charge in [-0.15, -0.1) is 0 Å². The molecule has 0 heterocycles. The summed E-state index contributed by atoms with van der Waals surface area (Å²) in [4.78, 5) is 12.3. The number of amides is 1. The van der Waals surface area contributed by atoms with Crippen molar-refractivity contribution in [3.8, 4) is 16.9 Å². The Balaban J connectivity index is 1.35. The lowest BCUT2D eigenvalue weighted by Gasteiger charge is -2.21. The monoisotopic (exact) mass is 433 g/mol. The van der Waals surface area contributed by atoms with E-state index in [9.17, 15) is 15.0 Å². The zero-order valence-corrected chi connectivity index (χ0v) is 18.1. The zero-order chi connectivity index (χ0) is 22.7. The minimum atomic E-state index is -1.22. The van der Waals surface area contributed by atoms with Crippen LogP contribution in [0.25, 0.3) is 11.1 Å². The first-order valence-electron chi connectivity index (χ1n) is 10.6. The van der Waals surface area contributed by atoms with E-state index in [1.54, 1.807) is 12.1 Å². The van der Waals surface area contributed by atoms with Gasteiger partial charge in [0.2, 0.25) is 0 Å². The van der Waals surface area contributed by atoms with E-state index in [4.69, 9.17) is 9.47 Å². The normalized spacial score (nSPS) is 14.2. The first kappa shape index (κ1) is 21.9. The van der Waals surface area contributed by atoms with E-state index < -0.39 is 18.3 Å². The van der Waals surface area contributed by atoms with Crippen LogP contribution in [0.5, 0.6) is 5.75 Å². The van der Waals surface area contributed by atoms with Crippen LogP contribution in [-0.4, -0.2) is 42.7 Å². The van der Waals surface area contributed by atoms with E-state index >= 15 is 0 Å². The van der Waals surface area contributed by atoms with Gasteiger partial charge in [0.25, 0.3) is 0 Å². The number of aliphatic hydroxyl groups is 2. The van der Waals surface area contributed by atoms with Crippen molar-refractivity contribution < 1.29 is 24.5 Å².